The molecule has 5 rings (SSSR count). The lowest BCUT2D eigenvalue weighted by molar-refractivity contribution is 0.0177. The Bertz CT molecular complexity index is 1480. The summed E-state index contributed by atoms with van der Waals surface area (Å²) in [6.45, 7) is 7.85. The number of ether oxygens (including phenoxy) is 2. The van der Waals surface area contributed by atoms with E-state index in [0.717, 1.165) is 0 Å². The summed E-state index contributed by atoms with van der Waals surface area (Å²) in [6.07, 6.45) is 2.67. The number of aromatic nitrogens is 2. The third kappa shape index (κ3) is 5.74. The van der Waals surface area contributed by atoms with Gasteiger partial charge in [0.2, 0.25) is 5.88 Å². The Morgan fingerprint density at radius 1 is 0.921 bits per heavy atom. The van der Waals surface area contributed by atoms with Crippen LogP contribution in [-0.4, -0.2) is 45.9 Å². The van der Waals surface area contributed by atoms with E-state index < -0.39 is 5.91 Å². The van der Waals surface area contributed by atoms with Crippen LogP contribution in [0.3, 0.4) is 0 Å². The van der Waals surface area contributed by atoms with Gasteiger partial charge < -0.3 is 19.7 Å². The molecule has 188 valence electrons. The van der Waals surface area contributed by atoms with E-state index in [1.165, 1.54) is 42.7 Å². The first-order valence-electron chi connectivity index (χ1n) is 11.6. The van der Waals surface area contributed by atoms with Crippen molar-refractivity contribution in [1.29, 1.82) is 0 Å². The van der Waals surface area contributed by atoms with Crippen molar-refractivity contribution in [3.05, 3.63) is 114 Å². The fourth-order valence-corrected chi connectivity index (χ4v) is 3.64. The number of pyridine rings is 2. The third-order valence-electron chi connectivity index (χ3n) is 5.68. The Hall–Kier alpha value is -5.30. The Labute approximate surface area is 217 Å². The summed E-state index contributed by atoms with van der Waals surface area (Å²) in [6, 6.07) is 18.6. The van der Waals surface area contributed by atoms with Gasteiger partial charge in [-0.15, -0.1) is 0 Å². The van der Waals surface area contributed by atoms with Gasteiger partial charge in [-0.1, -0.05) is 12.1 Å². The molecule has 0 atom stereocenters. The van der Waals surface area contributed by atoms with Gasteiger partial charge in [-0.25, -0.2) is 14.2 Å². The SMILES string of the molecule is [C-]#[N+]c1ccc(OC2CN(C(=O)c3ccc(C(=O)Nc4ccc(Oc5ccc(F)cc5)nc4)nc3)C2)cc1. The van der Waals surface area contributed by atoms with Crippen LogP contribution < -0.4 is 14.8 Å². The number of hydrogen-bond donors (Lipinski definition) is 1. The number of rotatable bonds is 7. The van der Waals surface area contributed by atoms with Crippen LogP contribution >= 0.6 is 0 Å². The second-order valence-corrected chi connectivity index (χ2v) is 8.38. The van der Waals surface area contributed by atoms with E-state index >= 15 is 0 Å². The van der Waals surface area contributed by atoms with Crippen LogP contribution in [0.15, 0.2) is 85.2 Å². The van der Waals surface area contributed by atoms with Gasteiger partial charge >= 0.3 is 0 Å². The highest BCUT2D eigenvalue weighted by Gasteiger charge is 2.33. The van der Waals surface area contributed by atoms with E-state index in [9.17, 15) is 14.0 Å². The highest BCUT2D eigenvalue weighted by atomic mass is 19.1. The summed E-state index contributed by atoms with van der Waals surface area (Å²) in [5.74, 6) is 0.343. The topological polar surface area (TPSA) is 98.0 Å². The summed E-state index contributed by atoms with van der Waals surface area (Å²) < 4.78 is 24.4. The molecule has 9 nitrogen and oxygen atoms in total. The van der Waals surface area contributed by atoms with Crippen molar-refractivity contribution in [2.75, 3.05) is 18.4 Å². The molecule has 0 bridgehead atoms. The smallest absolute Gasteiger partial charge is 0.274 e. The lowest BCUT2D eigenvalue weighted by atomic mass is 10.1. The molecule has 0 unspecified atom stereocenters. The van der Waals surface area contributed by atoms with Crippen LogP contribution in [0.25, 0.3) is 4.85 Å². The molecule has 3 heterocycles. The Balaban J connectivity index is 1.11. The van der Waals surface area contributed by atoms with Crippen molar-refractivity contribution >= 4 is 23.2 Å². The number of nitrogens with zero attached hydrogens (tertiary/aromatic N) is 4. The van der Waals surface area contributed by atoms with Crippen LogP contribution in [0, 0.1) is 12.4 Å². The molecule has 2 aromatic carbocycles. The molecule has 0 spiro atoms. The minimum atomic E-state index is -0.459. The zero-order chi connectivity index (χ0) is 26.5. The Morgan fingerprint density at radius 2 is 1.66 bits per heavy atom. The monoisotopic (exact) mass is 509 g/mol. The maximum Gasteiger partial charge on any atom is 0.274 e. The molecule has 2 amide bonds. The largest absolute Gasteiger partial charge is 0.487 e. The molecule has 0 aliphatic carbocycles. The zero-order valence-electron chi connectivity index (χ0n) is 19.9. The van der Waals surface area contributed by atoms with E-state index in [0.29, 0.717) is 41.5 Å². The molecule has 1 aliphatic rings. The number of amides is 2. The number of carbonyl (C=O) groups is 2. The van der Waals surface area contributed by atoms with E-state index in [-0.39, 0.29) is 29.4 Å². The predicted octanol–water partition coefficient (Wildman–Crippen LogP) is 5.11. The molecule has 0 radical (unpaired) electrons. The van der Waals surface area contributed by atoms with Crippen molar-refractivity contribution in [2.24, 2.45) is 0 Å². The molecule has 1 aliphatic heterocycles. The second kappa shape index (κ2) is 10.8. The van der Waals surface area contributed by atoms with Crippen LogP contribution in [0.2, 0.25) is 0 Å². The average molecular weight is 509 g/mol. The zero-order valence-corrected chi connectivity index (χ0v) is 19.9. The van der Waals surface area contributed by atoms with Gasteiger partial charge in [0, 0.05) is 12.3 Å². The second-order valence-electron chi connectivity index (χ2n) is 8.38. The van der Waals surface area contributed by atoms with Crippen LogP contribution in [-0.2, 0) is 0 Å². The van der Waals surface area contributed by atoms with Crippen molar-refractivity contribution < 1.29 is 23.5 Å². The lowest BCUT2D eigenvalue weighted by Gasteiger charge is -2.39. The fourth-order valence-electron chi connectivity index (χ4n) is 3.64. The van der Waals surface area contributed by atoms with Gasteiger partial charge in [-0.3, -0.25) is 14.6 Å². The molecule has 1 N–H and O–H groups in total. The number of benzene rings is 2. The first-order chi connectivity index (χ1) is 18.5. The number of halogens is 1. The van der Waals surface area contributed by atoms with Crippen molar-refractivity contribution in [2.45, 2.75) is 6.10 Å². The minimum absolute atomic E-state index is 0.128. The fraction of sp³-hybridized carbons (Fsp3) is 0.107. The summed E-state index contributed by atoms with van der Waals surface area (Å²) in [7, 11) is 0. The molecular formula is C28H20FN5O4. The molecule has 4 aromatic rings. The van der Waals surface area contributed by atoms with Crippen LogP contribution in [0.5, 0.6) is 17.4 Å². The van der Waals surface area contributed by atoms with Gasteiger partial charge in [-0.05, 0) is 54.6 Å². The Morgan fingerprint density at radius 3 is 2.29 bits per heavy atom. The van der Waals surface area contributed by atoms with Crippen molar-refractivity contribution in [1.82, 2.24) is 14.9 Å². The molecule has 10 heteroatoms. The minimum Gasteiger partial charge on any atom is -0.487 e. The van der Waals surface area contributed by atoms with Gasteiger partial charge in [-0.2, -0.15) is 0 Å². The summed E-state index contributed by atoms with van der Waals surface area (Å²) >= 11 is 0. The summed E-state index contributed by atoms with van der Waals surface area (Å²) in [5.41, 5.74) is 1.47. The summed E-state index contributed by atoms with van der Waals surface area (Å²) in [4.78, 5) is 38.5. The molecule has 2 aromatic heterocycles. The predicted molar refractivity (Wildman–Crippen MR) is 136 cm³/mol. The van der Waals surface area contributed by atoms with E-state index in [2.05, 4.69) is 20.1 Å². The first kappa shape index (κ1) is 24.4. The maximum atomic E-state index is 13.0. The Kier molecular flexibility index (Phi) is 6.91. The quantitative estimate of drug-likeness (QED) is 0.348. The van der Waals surface area contributed by atoms with E-state index in [4.69, 9.17) is 16.0 Å². The molecule has 1 saturated heterocycles. The van der Waals surface area contributed by atoms with Crippen molar-refractivity contribution in [3.63, 3.8) is 0 Å². The van der Waals surface area contributed by atoms with Gasteiger partial charge in [0.05, 0.1) is 37.1 Å². The number of carbonyl (C=O) groups excluding carboxylic acids is 2. The number of hydrogen-bond acceptors (Lipinski definition) is 6. The van der Waals surface area contributed by atoms with Crippen molar-refractivity contribution in [3.8, 4) is 17.4 Å². The summed E-state index contributed by atoms with van der Waals surface area (Å²) in [5, 5.41) is 2.69. The number of nitrogens with one attached hydrogen (secondary N) is 1. The highest BCUT2D eigenvalue weighted by molar-refractivity contribution is 6.03. The number of anilines is 1. The normalized spacial score (nSPS) is 12.7. The molecule has 38 heavy (non-hydrogen) atoms. The van der Waals surface area contributed by atoms with Gasteiger partial charge in [0.15, 0.2) is 5.69 Å². The molecule has 0 saturated carbocycles. The number of likely N-dealkylation sites (tertiary alicyclic amines) is 1. The first-order valence-corrected chi connectivity index (χ1v) is 11.6. The third-order valence-corrected chi connectivity index (χ3v) is 5.68. The molecular weight excluding hydrogens is 489 g/mol. The average Bonchev–Trinajstić information content (AvgIpc) is 2.93. The molecule has 1 fully saturated rings. The maximum absolute atomic E-state index is 13.0. The van der Waals surface area contributed by atoms with Gasteiger partial charge in [0.1, 0.15) is 29.1 Å². The van der Waals surface area contributed by atoms with Crippen LogP contribution in [0.4, 0.5) is 15.8 Å². The van der Waals surface area contributed by atoms with Gasteiger partial charge in [0.25, 0.3) is 11.8 Å². The van der Waals surface area contributed by atoms with E-state index in [1.54, 1.807) is 47.4 Å². The standard InChI is InChI=1S/C28H20FN5O4/c1-30-20-5-10-22(11-6-20)37-24-16-34(17-24)28(36)18-2-12-25(31-14-18)27(35)33-21-7-13-26(32-15-21)38-23-8-3-19(29)4-9-23/h2-15,24H,16-17H2,(H,33,35). The van der Waals surface area contributed by atoms with Crippen LogP contribution in [0.1, 0.15) is 20.8 Å². The lowest BCUT2D eigenvalue weighted by Crippen LogP contribution is -2.56. The highest BCUT2D eigenvalue weighted by Crippen LogP contribution is 2.23. The van der Waals surface area contributed by atoms with E-state index in [1.807, 2.05) is 0 Å².